The van der Waals surface area contributed by atoms with Gasteiger partial charge in [-0.2, -0.15) is 0 Å². The van der Waals surface area contributed by atoms with Crippen LogP contribution in [0.4, 0.5) is 5.82 Å². The van der Waals surface area contributed by atoms with Crippen molar-refractivity contribution >= 4 is 33.3 Å². The molecule has 6 rings (SSSR count). The molecule has 1 fully saturated rings. The molecule has 1 saturated heterocycles. The number of anilines is 1. The van der Waals surface area contributed by atoms with Crippen LogP contribution in [0.5, 0.6) is 0 Å². The van der Waals surface area contributed by atoms with Gasteiger partial charge in [-0.15, -0.1) is 11.3 Å². The van der Waals surface area contributed by atoms with Crippen LogP contribution >= 0.6 is 11.3 Å². The number of hydrogen-bond donors (Lipinski definition) is 0. The van der Waals surface area contributed by atoms with E-state index < -0.39 is 0 Å². The van der Waals surface area contributed by atoms with Gasteiger partial charge in [-0.05, 0) is 35.9 Å². The molecule has 0 radical (unpaired) electrons. The van der Waals surface area contributed by atoms with E-state index >= 15 is 0 Å². The minimum Gasteiger partial charge on any atom is -0.459 e. The van der Waals surface area contributed by atoms with Crippen LogP contribution in [-0.2, 0) is 0 Å². The molecule has 0 spiro atoms. The Morgan fingerprint density at radius 1 is 0.912 bits per heavy atom. The Bertz CT molecular complexity index is 1430. The van der Waals surface area contributed by atoms with E-state index in [1.807, 2.05) is 35.2 Å². The fraction of sp³-hybridized carbons (Fsp3) is 0.154. The van der Waals surface area contributed by atoms with Gasteiger partial charge in [0.15, 0.2) is 11.6 Å². The summed E-state index contributed by atoms with van der Waals surface area (Å²) in [4.78, 5) is 33.0. The number of aromatic nitrogens is 3. The molecular weight excluding hydrogens is 446 g/mol. The van der Waals surface area contributed by atoms with Gasteiger partial charge < -0.3 is 14.2 Å². The van der Waals surface area contributed by atoms with E-state index in [0.717, 1.165) is 32.0 Å². The van der Waals surface area contributed by atoms with Gasteiger partial charge in [0.05, 0.1) is 11.6 Å². The van der Waals surface area contributed by atoms with Crippen molar-refractivity contribution in [3.8, 4) is 21.8 Å². The summed E-state index contributed by atoms with van der Waals surface area (Å²) in [6.07, 6.45) is 5.06. The molecule has 0 atom stereocenters. The minimum atomic E-state index is -0.0737. The van der Waals surface area contributed by atoms with Gasteiger partial charge in [0.2, 0.25) is 0 Å². The highest BCUT2D eigenvalue weighted by Crippen LogP contribution is 2.38. The minimum absolute atomic E-state index is 0.0737. The number of fused-ring (bicyclic) bond motifs is 1. The largest absolute Gasteiger partial charge is 0.459 e. The summed E-state index contributed by atoms with van der Waals surface area (Å²) in [7, 11) is 0. The van der Waals surface area contributed by atoms with Crippen molar-refractivity contribution in [1.82, 2.24) is 19.9 Å². The quantitative estimate of drug-likeness (QED) is 0.371. The number of pyridine rings is 1. The highest BCUT2D eigenvalue weighted by molar-refractivity contribution is 7.22. The maximum absolute atomic E-state index is 12.7. The third kappa shape index (κ3) is 3.82. The summed E-state index contributed by atoms with van der Waals surface area (Å²) in [6, 6.07) is 19.8. The van der Waals surface area contributed by atoms with Gasteiger partial charge in [-0.25, -0.2) is 9.97 Å². The molecule has 0 N–H and O–H groups in total. The number of furan rings is 1. The van der Waals surface area contributed by atoms with Crippen LogP contribution in [0.15, 0.2) is 83.7 Å². The zero-order valence-electron chi connectivity index (χ0n) is 18.3. The van der Waals surface area contributed by atoms with Crippen LogP contribution in [0.3, 0.4) is 0 Å². The van der Waals surface area contributed by atoms with E-state index in [2.05, 4.69) is 28.1 Å². The summed E-state index contributed by atoms with van der Waals surface area (Å²) in [5.41, 5.74) is 2.04. The Morgan fingerprint density at radius 2 is 1.74 bits per heavy atom. The fourth-order valence-electron chi connectivity index (χ4n) is 4.19. The normalized spacial score (nSPS) is 14.0. The van der Waals surface area contributed by atoms with Gasteiger partial charge in [0, 0.05) is 49.0 Å². The van der Waals surface area contributed by atoms with E-state index in [4.69, 9.17) is 14.4 Å². The van der Waals surface area contributed by atoms with Gasteiger partial charge in [0.1, 0.15) is 10.6 Å². The lowest BCUT2D eigenvalue weighted by molar-refractivity contribution is 0.0714. The fourth-order valence-corrected chi connectivity index (χ4v) is 5.22. The van der Waals surface area contributed by atoms with E-state index in [-0.39, 0.29) is 5.91 Å². The molecule has 0 saturated carbocycles. The van der Waals surface area contributed by atoms with Gasteiger partial charge in [0.25, 0.3) is 5.91 Å². The molecule has 1 amide bonds. The molecule has 168 valence electrons. The van der Waals surface area contributed by atoms with Crippen LogP contribution in [0, 0.1) is 0 Å². The molecule has 5 aromatic rings. The summed E-state index contributed by atoms with van der Waals surface area (Å²) >= 11 is 1.67. The molecule has 8 heteroatoms. The Labute approximate surface area is 200 Å². The van der Waals surface area contributed by atoms with Gasteiger partial charge in [-0.1, -0.05) is 30.3 Å². The van der Waals surface area contributed by atoms with E-state index in [1.54, 1.807) is 35.9 Å². The number of nitrogens with zero attached hydrogens (tertiary/aromatic N) is 5. The van der Waals surface area contributed by atoms with Gasteiger partial charge >= 0.3 is 0 Å². The van der Waals surface area contributed by atoms with E-state index in [1.165, 1.54) is 6.26 Å². The molecule has 1 aromatic carbocycles. The lowest BCUT2D eigenvalue weighted by Crippen LogP contribution is -2.49. The Hall–Kier alpha value is -4.04. The van der Waals surface area contributed by atoms with Gasteiger partial charge in [-0.3, -0.25) is 9.78 Å². The van der Waals surface area contributed by atoms with Crippen LogP contribution < -0.4 is 4.90 Å². The number of hydrogen-bond acceptors (Lipinski definition) is 7. The third-order valence-electron chi connectivity index (χ3n) is 5.95. The summed E-state index contributed by atoms with van der Waals surface area (Å²) < 4.78 is 5.30. The second kappa shape index (κ2) is 8.72. The first-order chi connectivity index (χ1) is 16.8. The molecule has 7 nitrogen and oxygen atoms in total. The second-order valence-corrected chi connectivity index (χ2v) is 9.10. The molecule has 34 heavy (non-hydrogen) atoms. The molecule has 1 aliphatic heterocycles. The van der Waals surface area contributed by atoms with Crippen LogP contribution in [0.25, 0.3) is 32.0 Å². The number of carbonyl (C=O) groups excluding carboxylic acids is 1. The van der Waals surface area contributed by atoms with E-state index in [0.29, 0.717) is 37.8 Å². The van der Waals surface area contributed by atoms with Crippen molar-refractivity contribution in [2.24, 2.45) is 0 Å². The SMILES string of the molecule is O=C(c1ccco1)N1CCN(c2nc(-c3cccnc3)nc3sc(-c4ccccc4)cc23)CC1. The first-order valence-corrected chi connectivity index (χ1v) is 11.9. The number of amides is 1. The zero-order chi connectivity index (χ0) is 22.9. The second-order valence-electron chi connectivity index (χ2n) is 8.06. The molecule has 5 heterocycles. The summed E-state index contributed by atoms with van der Waals surface area (Å²) in [5.74, 6) is 1.86. The predicted octanol–water partition coefficient (Wildman–Crippen LogP) is 4.98. The molecule has 1 aliphatic rings. The third-order valence-corrected chi connectivity index (χ3v) is 7.03. The maximum Gasteiger partial charge on any atom is 0.289 e. The monoisotopic (exact) mass is 467 g/mol. The van der Waals surface area contributed by atoms with Crippen LogP contribution in [-0.4, -0.2) is 51.9 Å². The average molecular weight is 468 g/mol. The highest BCUT2D eigenvalue weighted by Gasteiger charge is 2.26. The summed E-state index contributed by atoms with van der Waals surface area (Å²) in [5, 5.41) is 1.03. The maximum atomic E-state index is 12.7. The van der Waals surface area contributed by atoms with E-state index in [9.17, 15) is 4.79 Å². The Kier molecular flexibility index (Phi) is 5.27. The standard InChI is InChI=1S/C26H21N5O2S/c32-26(21-9-5-15-33-21)31-13-11-30(12-14-31)24-20-16-22(18-6-2-1-3-7-18)34-25(20)29-23(28-24)19-8-4-10-27-17-19/h1-10,15-17H,11-14H2. The first-order valence-electron chi connectivity index (χ1n) is 11.1. The number of carbonyl (C=O) groups is 1. The zero-order valence-corrected chi connectivity index (χ0v) is 19.1. The van der Waals surface area contributed by atoms with Crippen LogP contribution in [0.2, 0.25) is 0 Å². The van der Waals surface area contributed by atoms with Crippen LogP contribution in [0.1, 0.15) is 10.6 Å². The summed E-state index contributed by atoms with van der Waals surface area (Å²) in [6.45, 7) is 2.56. The average Bonchev–Trinajstić information content (AvgIpc) is 3.59. The smallest absolute Gasteiger partial charge is 0.289 e. The number of rotatable bonds is 4. The van der Waals surface area contributed by atoms with Crippen molar-refractivity contribution in [3.05, 3.63) is 85.1 Å². The first kappa shape index (κ1) is 20.6. The molecule has 0 aliphatic carbocycles. The number of thiophene rings is 1. The Balaban J connectivity index is 1.37. The molecular formula is C26H21N5O2S. The lowest BCUT2D eigenvalue weighted by atomic mass is 10.1. The topological polar surface area (TPSA) is 75.4 Å². The molecule has 0 unspecified atom stereocenters. The lowest BCUT2D eigenvalue weighted by Gasteiger charge is -2.35. The number of benzene rings is 1. The van der Waals surface area contributed by atoms with Crippen molar-refractivity contribution < 1.29 is 9.21 Å². The van der Waals surface area contributed by atoms with Crippen molar-refractivity contribution in [2.75, 3.05) is 31.1 Å². The predicted molar refractivity (Wildman–Crippen MR) is 133 cm³/mol. The molecule has 4 aromatic heterocycles. The van der Waals surface area contributed by atoms with Crippen molar-refractivity contribution in [3.63, 3.8) is 0 Å². The van der Waals surface area contributed by atoms with Crippen molar-refractivity contribution in [1.29, 1.82) is 0 Å². The highest BCUT2D eigenvalue weighted by atomic mass is 32.1. The Morgan fingerprint density at radius 3 is 2.47 bits per heavy atom. The van der Waals surface area contributed by atoms with Crippen molar-refractivity contribution in [2.45, 2.75) is 0 Å². The number of piperazine rings is 1. The molecule has 0 bridgehead atoms.